The van der Waals surface area contributed by atoms with Crippen LogP contribution in [0.4, 0.5) is 8.78 Å². The molecule has 0 saturated heterocycles. The van der Waals surface area contributed by atoms with Gasteiger partial charge in [0.15, 0.2) is 0 Å². The number of ether oxygens (including phenoxy) is 2. The lowest BCUT2D eigenvalue weighted by Gasteiger charge is -2.08. The fraction of sp³-hybridized carbons (Fsp3) is 0.0667. The molecule has 1 heterocycles. The summed E-state index contributed by atoms with van der Waals surface area (Å²) in [6.07, 6.45) is 0. The molecule has 0 aliphatic heterocycles. The van der Waals surface area contributed by atoms with Gasteiger partial charge < -0.3 is 14.8 Å². The van der Waals surface area contributed by atoms with Gasteiger partial charge >= 0.3 is 0 Å². The molecule has 0 fully saturated rings. The number of carbonyl (C=O) groups is 1. The highest BCUT2D eigenvalue weighted by Gasteiger charge is 2.13. The van der Waals surface area contributed by atoms with Crippen molar-refractivity contribution in [2.75, 3.05) is 0 Å². The molecule has 0 atom stereocenters. The molecule has 1 N–H and O–H groups in total. The Morgan fingerprint density at radius 1 is 0.816 bits per heavy atom. The predicted molar refractivity (Wildman–Crippen MR) is 142 cm³/mol. The third-order valence-corrected chi connectivity index (χ3v) is 6.50. The molecule has 0 aliphatic rings. The molecule has 8 heteroatoms. The molecule has 5 nitrogen and oxygen atoms in total. The minimum absolute atomic E-state index is 0.123. The average Bonchev–Trinajstić information content (AvgIpc) is 3.43. The predicted octanol–water partition coefficient (Wildman–Crippen LogP) is 7.39. The first-order chi connectivity index (χ1) is 18.5. The molecule has 5 rings (SSSR count). The Hall–Kier alpha value is -4.56. The van der Waals surface area contributed by atoms with Crippen molar-refractivity contribution in [1.82, 2.24) is 10.3 Å². The molecule has 0 spiro atoms. The van der Waals surface area contributed by atoms with E-state index >= 15 is 0 Å². The fourth-order valence-corrected chi connectivity index (χ4v) is 4.45. The normalized spacial score (nSPS) is 10.7. The van der Waals surface area contributed by atoms with Gasteiger partial charge in [-0.05, 0) is 66.2 Å². The Balaban J connectivity index is 1.17. The van der Waals surface area contributed by atoms with Gasteiger partial charge in [0.25, 0.3) is 5.91 Å². The molecular formula is C30H22F2N2O3S. The van der Waals surface area contributed by atoms with Gasteiger partial charge in [0, 0.05) is 17.5 Å². The first kappa shape index (κ1) is 25.1. The van der Waals surface area contributed by atoms with Crippen LogP contribution in [0.3, 0.4) is 0 Å². The van der Waals surface area contributed by atoms with Crippen molar-refractivity contribution in [2.45, 2.75) is 13.2 Å². The number of benzene rings is 4. The molecule has 38 heavy (non-hydrogen) atoms. The lowest BCUT2D eigenvalue weighted by molar-refractivity contribution is 0.0946. The summed E-state index contributed by atoms with van der Waals surface area (Å²) in [5, 5.41) is 5.26. The molecule has 0 bridgehead atoms. The zero-order valence-corrected chi connectivity index (χ0v) is 20.9. The van der Waals surface area contributed by atoms with Gasteiger partial charge in [0.2, 0.25) is 0 Å². The van der Waals surface area contributed by atoms with E-state index in [-0.39, 0.29) is 18.1 Å². The minimum atomic E-state index is -0.650. The molecule has 0 aliphatic carbocycles. The zero-order chi connectivity index (χ0) is 26.3. The minimum Gasteiger partial charge on any atom is -0.489 e. The van der Waals surface area contributed by atoms with Crippen molar-refractivity contribution in [3.8, 4) is 27.8 Å². The van der Waals surface area contributed by atoms with Crippen LogP contribution in [0.5, 0.6) is 17.2 Å². The number of halogens is 2. The van der Waals surface area contributed by atoms with Crippen LogP contribution in [0.15, 0.2) is 102 Å². The second kappa shape index (κ2) is 11.7. The Labute approximate surface area is 222 Å². The summed E-state index contributed by atoms with van der Waals surface area (Å²) in [6.45, 7) is 0.104. The lowest BCUT2D eigenvalue weighted by Crippen LogP contribution is -2.23. The Kier molecular flexibility index (Phi) is 7.70. The van der Waals surface area contributed by atoms with Crippen LogP contribution < -0.4 is 14.8 Å². The first-order valence-electron chi connectivity index (χ1n) is 11.8. The van der Waals surface area contributed by atoms with Crippen LogP contribution in [0, 0.1) is 11.6 Å². The fourth-order valence-electron chi connectivity index (χ4n) is 3.65. The van der Waals surface area contributed by atoms with Gasteiger partial charge in [-0.3, -0.25) is 4.79 Å². The van der Waals surface area contributed by atoms with Crippen LogP contribution in [0.25, 0.3) is 10.6 Å². The van der Waals surface area contributed by atoms with E-state index in [1.807, 2.05) is 54.6 Å². The number of para-hydroxylation sites is 1. The molecule has 190 valence electrons. The Morgan fingerprint density at radius 2 is 1.53 bits per heavy atom. The van der Waals surface area contributed by atoms with Crippen LogP contribution >= 0.6 is 11.3 Å². The molecule has 1 amide bonds. The van der Waals surface area contributed by atoms with Crippen molar-refractivity contribution >= 4 is 17.2 Å². The van der Waals surface area contributed by atoms with Crippen molar-refractivity contribution in [3.63, 3.8) is 0 Å². The van der Waals surface area contributed by atoms with Crippen LogP contribution in [0.1, 0.15) is 21.6 Å². The maximum absolute atomic E-state index is 13.8. The van der Waals surface area contributed by atoms with E-state index in [0.717, 1.165) is 16.9 Å². The van der Waals surface area contributed by atoms with E-state index in [0.29, 0.717) is 28.7 Å². The highest BCUT2D eigenvalue weighted by Crippen LogP contribution is 2.27. The maximum Gasteiger partial charge on any atom is 0.271 e. The summed E-state index contributed by atoms with van der Waals surface area (Å²) in [5.74, 6) is 0.303. The van der Waals surface area contributed by atoms with Gasteiger partial charge in [-0.15, -0.1) is 11.3 Å². The molecule has 4 aromatic carbocycles. The molecule has 1 aromatic heterocycles. The third kappa shape index (κ3) is 6.22. The van der Waals surface area contributed by atoms with Crippen LogP contribution in [-0.4, -0.2) is 10.9 Å². The lowest BCUT2D eigenvalue weighted by atomic mass is 10.2. The van der Waals surface area contributed by atoms with E-state index < -0.39 is 11.6 Å². The standard InChI is InChI=1S/C30H22F2N2O3S/c31-26-10-5-11-27(32)25(26)18-36-22-14-12-21(13-15-22)30-34-28(19-38-30)29(35)33-17-20-6-4-9-24(16-20)37-23-7-2-1-3-8-23/h1-16,19H,17-18H2,(H,33,35). The number of thiazole rings is 1. The number of carbonyl (C=O) groups excluding carboxylic acids is 1. The quantitative estimate of drug-likeness (QED) is 0.217. The largest absolute Gasteiger partial charge is 0.489 e. The number of nitrogens with one attached hydrogen (secondary N) is 1. The summed E-state index contributed by atoms with van der Waals surface area (Å²) < 4.78 is 39.0. The summed E-state index contributed by atoms with van der Waals surface area (Å²) >= 11 is 1.34. The van der Waals surface area contributed by atoms with Gasteiger partial charge in [-0.25, -0.2) is 13.8 Å². The van der Waals surface area contributed by atoms with Gasteiger partial charge in [0.1, 0.15) is 46.2 Å². The third-order valence-electron chi connectivity index (χ3n) is 5.61. The number of hydrogen-bond donors (Lipinski definition) is 1. The van der Waals surface area contributed by atoms with Gasteiger partial charge in [-0.2, -0.15) is 0 Å². The second-order valence-electron chi connectivity index (χ2n) is 8.30. The molecular weight excluding hydrogens is 506 g/mol. The number of amides is 1. The summed E-state index contributed by atoms with van der Waals surface area (Å²) in [4.78, 5) is 17.1. The van der Waals surface area contributed by atoms with Gasteiger partial charge in [-0.1, -0.05) is 36.4 Å². The highest BCUT2D eigenvalue weighted by atomic mass is 32.1. The first-order valence-corrected chi connectivity index (χ1v) is 12.6. The molecule has 0 radical (unpaired) electrons. The highest BCUT2D eigenvalue weighted by molar-refractivity contribution is 7.13. The Bertz CT molecular complexity index is 1520. The second-order valence-corrected chi connectivity index (χ2v) is 9.15. The van der Waals surface area contributed by atoms with E-state index in [2.05, 4.69) is 10.3 Å². The van der Waals surface area contributed by atoms with Crippen LogP contribution in [-0.2, 0) is 13.2 Å². The number of rotatable bonds is 9. The van der Waals surface area contributed by atoms with E-state index in [1.165, 1.54) is 29.5 Å². The maximum atomic E-state index is 13.8. The average molecular weight is 529 g/mol. The SMILES string of the molecule is O=C(NCc1cccc(Oc2ccccc2)c1)c1csc(-c2ccc(OCc3c(F)cccc3F)cc2)n1. The summed E-state index contributed by atoms with van der Waals surface area (Å²) in [5.41, 5.74) is 1.89. The number of aromatic nitrogens is 1. The molecule has 0 unspecified atom stereocenters. The summed E-state index contributed by atoms with van der Waals surface area (Å²) in [7, 11) is 0. The summed E-state index contributed by atoms with van der Waals surface area (Å²) in [6, 6.07) is 27.7. The van der Waals surface area contributed by atoms with Gasteiger partial charge in [0.05, 0.1) is 5.56 Å². The van der Waals surface area contributed by atoms with Crippen LogP contribution in [0.2, 0.25) is 0 Å². The molecule has 5 aromatic rings. The smallest absolute Gasteiger partial charge is 0.271 e. The van der Waals surface area contributed by atoms with E-state index in [1.54, 1.807) is 29.6 Å². The number of hydrogen-bond acceptors (Lipinski definition) is 5. The topological polar surface area (TPSA) is 60.5 Å². The number of nitrogens with zero attached hydrogens (tertiary/aromatic N) is 1. The van der Waals surface area contributed by atoms with Crippen molar-refractivity contribution in [3.05, 3.63) is 131 Å². The zero-order valence-electron chi connectivity index (χ0n) is 20.1. The monoisotopic (exact) mass is 528 g/mol. The Morgan fingerprint density at radius 3 is 2.29 bits per heavy atom. The molecule has 0 saturated carbocycles. The van der Waals surface area contributed by atoms with Crippen molar-refractivity contribution < 1.29 is 23.0 Å². The van der Waals surface area contributed by atoms with Crippen molar-refractivity contribution in [1.29, 1.82) is 0 Å². The van der Waals surface area contributed by atoms with E-state index in [9.17, 15) is 13.6 Å². The van der Waals surface area contributed by atoms with Crippen molar-refractivity contribution in [2.24, 2.45) is 0 Å². The van der Waals surface area contributed by atoms with E-state index in [4.69, 9.17) is 9.47 Å².